The van der Waals surface area contributed by atoms with Crippen LogP contribution in [0.15, 0.2) is 10.6 Å². The van der Waals surface area contributed by atoms with Crippen molar-refractivity contribution >= 4 is 35.5 Å². The van der Waals surface area contributed by atoms with Gasteiger partial charge in [-0.25, -0.2) is 4.79 Å². The Morgan fingerprint density at radius 3 is 2.64 bits per heavy atom. The predicted octanol–water partition coefficient (Wildman–Crippen LogP) is -1.88. The Bertz CT molecular complexity index is 890. The Kier molecular flexibility index (Phi) is 6.72. The number of rotatable bonds is 8. The normalized spacial score (nSPS) is 32.4. The second-order valence-electron chi connectivity index (χ2n) is 9.36. The molecule has 0 aliphatic carbocycles. The minimum Gasteiger partial charge on any atom is -0.477 e. The zero-order chi connectivity index (χ0) is 24.0. The van der Waals surface area contributed by atoms with Crippen LogP contribution in [0.25, 0.3) is 0 Å². The first-order chi connectivity index (χ1) is 15.6. The second-order valence-corrected chi connectivity index (χ2v) is 10.7. The molecule has 1 unspecified atom stereocenters. The summed E-state index contributed by atoms with van der Waals surface area (Å²) in [4.78, 5) is 53.4. The number of β-lactam (4-membered cyclic amide) rings is 1. The average Bonchev–Trinajstić information content (AvgIpc) is 3.27. The molecule has 0 aromatic heterocycles. The fourth-order valence-electron chi connectivity index (χ4n) is 5.33. The van der Waals surface area contributed by atoms with Gasteiger partial charge in [0.05, 0.1) is 24.5 Å². The first-order valence-electron chi connectivity index (χ1n) is 11.3. The van der Waals surface area contributed by atoms with Crippen molar-refractivity contribution in [3.8, 4) is 0 Å². The van der Waals surface area contributed by atoms with Crippen molar-refractivity contribution in [3.05, 3.63) is 10.6 Å². The number of carbonyl (C=O) groups excluding carboxylic acids is 3. The lowest BCUT2D eigenvalue weighted by Gasteiger charge is -2.47. The van der Waals surface area contributed by atoms with Gasteiger partial charge in [0.2, 0.25) is 17.7 Å². The number of thioether (sulfide) groups is 1. The number of carboxylic acids is 1. The summed E-state index contributed by atoms with van der Waals surface area (Å²) < 4.78 is 0. The molecule has 0 saturated carbocycles. The van der Waals surface area contributed by atoms with Gasteiger partial charge in [0.15, 0.2) is 0 Å². The number of nitrogens with zero attached hydrogens (tertiary/aromatic N) is 2. The lowest BCUT2D eigenvalue weighted by atomic mass is 9.78. The molecule has 0 bridgehead atoms. The lowest BCUT2D eigenvalue weighted by Crippen LogP contribution is -2.66. The van der Waals surface area contributed by atoms with E-state index < -0.39 is 17.9 Å². The van der Waals surface area contributed by atoms with Crippen molar-refractivity contribution in [2.24, 2.45) is 17.6 Å². The van der Waals surface area contributed by atoms with E-state index in [0.717, 1.165) is 0 Å². The summed E-state index contributed by atoms with van der Waals surface area (Å²) in [6, 6.07) is -0.956. The molecule has 6 N–H and O–H groups in total. The van der Waals surface area contributed by atoms with Crippen LogP contribution in [0, 0.1) is 11.8 Å². The number of likely N-dealkylation sites (N-methyl/N-ethyl adjacent to an activating group) is 1. The Morgan fingerprint density at radius 1 is 1.33 bits per heavy atom. The monoisotopic (exact) mass is 480 g/mol. The standard InChI is InChI=1S/C21H32N6O5S/c1-9-16-15(10(2)25-14(28)6-23-3)20(30)27(16)17(21(31)32)18(9)33-12-4-13(24-5-12)19(29)26-7-11(22)8-26/h9-13,15-16,23-24H,4-8,22H2,1-3H3,(H,25,28)(H,31,32)/t9-,10?,12+,13+,15-,16-/m1/s1. The Labute approximate surface area is 196 Å². The highest BCUT2D eigenvalue weighted by atomic mass is 32.2. The molecule has 0 spiro atoms. The highest BCUT2D eigenvalue weighted by Crippen LogP contribution is 2.51. The van der Waals surface area contributed by atoms with Crippen molar-refractivity contribution in [1.29, 1.82) is 0 Å². The lowest BCUT2D eigenvalue weighted by molar-refractivity contribution is -0.158. The molecule has 4 aliphatic rings. The molecule has 3 saturated heterocycles. The summed E-state index contributed by atoms with van der Waals surface area (Å²) in [7, 11) is 1.67. The molecule has 0 aromatic rings. The zero-order valence-electron chi connectivity index (χ0n) is 19.0. The van der Waals surface area contributed by atoms with E-state index in [0.29, 0.717) is 31.0 Å². The minimum absolute atomic E-state index is 0.0284. The van der Waals surface area contributed by atoms with E-state index in [2.05, 4.69) is 16.0 Å². The van der Waals surface area contributed by atoms with Gasteiger partial charge in [-0.05, 0) is 20.4 Å². The first kappa shape index (κ1) is 24.0. The molecule has 12 heteroatoms. The van der Waals surface area contributed by atoms with E-state index in [1.54, 1.807) is 18.9 Å². The highest BCUT2D eigenvalue weighted by molar-refractivity contribution is 8.03. The molecule has 0 aromatic carbocycles. The molecule has 4 rings (SSSR count). The molecule has 182 valence electrons. The van der Waals surface area contributed by atoms with Crippen LogP contribution in [0.2, 0.25) is 0 Å². The Morgan fingerprint density at radius 2 is 2.03 bits per heavy atom. The van der Waals surface area contributed by atoms with Crippen LogP contribution >= 0.6 is 11.8 Å². The smallest absolute Gasteiger partial charge is 0.353 e. The number of hydrogen-bond donors (Lipinski definition) is 5. The molecule has 3 fully saturated rings. The summed E-state index contributed by atoms with van der Waals surface area (Å²) in [5.41, 5.74) is 5.82. The fourth-order valence-corrected chi connectivity index (χ4v) is 6.80. The molecule has 3 amide bonds. The van der Waals surface area contributed by atoms with E-state index in [1.165, 1.54) is 16.7 Å². The minimum atomic E-state index is -1.13. The van der Waals surface area contributed by atoms with E-state index in [1.807, 2.05) is 6.92 Å². The van der Waals surface area contributed by atoms with Crippen molar-refractivity contribution in [3.63, 3.8) is 0 Å². The third-order valence-corrected chi connectivity index (χ3v) is 8.47. The van der Waals surface area contributed by atoms with Crippen LogP contribution in [0.5, 0.6) is 0 Å². The SMILES string of the molecule is CNCC(=O)NC(C)[C@H]1C(=O)N2C(C(=O)O)=C(S[C@@H]3CN[C@H](C(=O)N4CC(N)C4)C3)[C@H](C)[C@H]12. The summed E-state index contributed by atoms with van der Waals surface area (Å²) in [6.45, 7) is 5.59. The number of amides is 3. The largest absolute Gasteiger partial charge is 0.477 e. The van der Waals surface area contributed by atoms with E-state index >= 15 is 0 Å². The van der Waals surface area contributed by atoms with Crippen LogP contribution < -0.4 is 21.7 Å². The maximum absolute atomic E-state index is 12.9. The maximum Gasteiger partial charge on any atom is 0.353 e. The highest BCUT2D eigenvalue weighted by Gasteiger charge is 2.60. The maximum atomic E-state index is 12.9. The average molecular weight is 481 g/mol. The molecule has 11 nitrogen and oxygen atoms in total. The van der Waals surface area contributed by atoms with E-state index in [-0.39, 0.29) is 59.3 Å². The van der Waals surface area contributed by atoms with Gasteiger partial charge in [0.1, 0.15) is 5.70 Å². The predicted molar refractivity (Wildman–Crippen MR) is 122 cm³/mol. The van der Waals surface area contributed by atoms with Crippen molar-refractivity contribution < 1.29 is 24.3 Å². The number of likely N-dealkylation sites (tertiary alicyclic amines) is 1. The third-order valence-electron chi connectivity index (χ3n) is 6.96. The number of carbonyl (C=O) groups is 4. The van der Waals surface area contributed by atoms with Crippen LogP contribution in [0.3, 0.4) is 0 Å². The molecule has 33 heavy (non-hydrogen) atoms. The van der Waals surface area contributed by atoms with Gasteiger partial charge in [0, 0.05) is 47.8 Å². The Hall–Kier alpha value is -2.15. The molecule has 4 aliphatic heterocycles. The molecule has 4 heterocycles. The Balaban J connectivity index is 1.43. The van der Waals surface area contributed by atoms with E-state index in [4.69, 9.17) is 5.73 Å². The second kappa shape index (κ2) is 9.24. The van der Waals surface area contributed by atoms with Crippen LogP contribution in [0.1, 0.15) is 20.3 Å². The van der Waals surface area contributed by atoms with Gasteiger partial charge in [0.25, 0.3) is 0 Å². The van der Waals surface area contributed by atoms with Crippen molar-refractivity contribution in [2.45, 2.75) is 49.7 Å². The number of aliphatic carboxylic acids is 1. The fraction of sp³-hybridized carbons (Fsp3) is 0.714. The number of fused-ring (bicyclic) bond motifs is 1. The zero-order valence-corrected chi connectivity index (χ0v) is 19.9. The van der Waals surface area contributed by atoms with Crippen LogP contribution in [0.4, 0.5) is 0 Å². The molecular weight excluding hydrogens is 448 g/mol. The number of hydrogen-bond acceptors (Lipinski definition) is 8. The topological polar surface area (TPSA) is 157 Å². The van der Waals surface area contributed by atoms with Gasteiger partial charge in [-0.2, -0.15) is 0 Å². The summed E-state index contributed by atoms with van der Waals surface area (Å²) >= 11 is 1.45. The molecule has 6 atom stereocenters. The van der Waals surface area contributed by atoms with Gasteiger partial charge in [-0.1, -0.05) is 6.92 Å². The summed E-state index contributed by atoms with van der Waals surface area (Å²) in [5.74, 6) is -2.21. The molecular formula is C21H32N6O5S. The summed E-state index contributed by atoms with van der Waals surface area (Å²) in [5, 5.41) is 18.8. The third kappa shape index (κ3) is 4.25. The van der Waals surface area contributed by atoms with Gasteiger partial charge in [-0.3, -0.25) is 14.4 Å². The van der Waals surface area contributed by atoms with Gasteiger partial charge >= 0.3 is 5.97 Å². The summed E-state index contributed by atoms with van der Waals surface area (Å²) in [6.07, 6.45) is 0.594. The van der Waals surface area contributed by atoms with Crippen LogP contribution in [-0.4, -0.2) is 101 Å². The van der Waals surface area contributed by atoms with Crippen LogP contribution in [-0.2, 0) is 19.2 Å². The first-order valence-corrected chi connectivity index (χ1v) is 12.2. The van der Waals surface area contributed by atoms with Crippen molar-refractivity contribution in [1.82, 2.24) is 25.8 Å². The van der Waals surface area contributed by atoms with Crippen molar-refractivity contribution in [2.75, 3.05) is 33.2 Å². The van der Waals surface area contributed by atoms with Gasteiger partial charge < -0.3 is 36.6 Å². The number of nitrogens with one attached hydrogen (secondary N) is 3. The van der Waals surface area contributed by atoms with E-state index in [9.17, 15) is 24.3 Å². The molecule has 0 radical (unpaired) electrons. The number of nitrogens with two attached hydrogens (primary N) is 1. The quantitative estimate of drug-likeness (QED) is 0.251. The number of carboxylic acid groups (broad SMARTS) is 1. The van der Waals surface area contributed by atoms with Gasteiger partial charge in [-0.15, -0.1) is 11.8 Å².